The SMILES string of the molecule is Cc1cnc(Cl)nc1NCC(C)O. The number of nitrogens with zero attached hydrogens (tertiary/aromatic N) is 2. The van der Waals surface area contributed by atoms with Gasteiger partial charge in [-0.1, -0.05) is 0 Å². The van der Waals surface area contributed by atoms with Crippen molar-refractivity contribution in [1.29, 1.82) is 0 Å². The molecule has 2 N–H and O–H groups in total. The summed E-state index contributed by atoms with van der Waals surface area (Å²) >= 11 is 5.61. The summed E-state index contributed by atoms with van der Waals surface area (Å²) in [4.78, 5) is 7.80. The number of aliphatic hydroxyl groups is 1. The van der Waals surface area contributed by atoms with Crippen LogP contribution in [0.5, 0.6) is 0 Å². The Kier molecular flexibility index (Phi) is 3.45. The smallest absolute Gasteiger partial charge is 0.224 e. The van der Waals surface area contributed by atoms with Gasteiger partial charge in [-0.3, -0.25) is 0 Å². The van der Waals surface area contributed by atoms with Crippen LogP contribution in [0.4, 0.5) is 5.82 Å². The number of aryl methyl sites for hydroxylation is 1. The van der Waals surface area contributed by atoms with Crippen molar-refractivity contribution in [3.63, 3.8) is 0 Å². The van der Waals surface area contributed by atoms with Gasteiger partial charge < -0.3 is 10.4 Å². The first-order valence-corrected chi connectivity index (χ1v) is 4.38. The zero-order valence-electron chi connectivity index (χ0n) is 7.58. The molecule has 1 unspecified atom stereocenters. The minimum Gasteiger partial charge on any atom is -0.392 e. The second-order valence-corrected chi connectivity index (χ2v) is 3.24. The molecule has 0 amide bonds. The molecule has 0 aromatic carbocycles. The topological polar surface area (TPSA) is 58.0 Å². The predicted octanol–water partition coefficient (Wildman–Crippen LogP) is 1.23. The van der Waals surface area contributed by atoms with Crippen molar-refractivity contribution in [1.82, 2.24) is 9.97 Å². The monoisotopic (exact) mass is 201 g/mol. The highest BCUT2D eigenvalue weighted by atomic mass is 35.5. The molecule has 72 valence electrons. The highest BCUT2D eigenvalue weighted by Crippen LogP contribution is 2.12. The predicted molar refractivity (Wildman–Crippen MR) is 51.9 cm³/mol. The maximum absolute atomic E-state index is 9.03. The van der Waals surface area contributed by atoms with Gasteiger partial charge in [0.15, 0.2) is 0 Å². The van der Waals surface area contributed by atoms with Crippen LogP contribution in [0.2, 0.25) is 5.28 Å². The van der Waals surface area contributed by atoms with Crippen molar-refractivity contribution < 1.29 is 5.11 Å². The van der Waals surface area contributed by atoms with Gasteiger partial charge in [0.1, 0.15) is 5.82 Å². The van der Waals surface area contributed by atoms with E-state index in [4.69, 9.17) is 16.7 Å². The average Bonchev–Trinajstić information content (AvgIpc) is 2.06. The minimum absolute atomic E-state index is 0.207. The summed E-state index contributed by atoms with van der Waals surface area (Å²) in [6, 6.07) is 0. The van der Waals surface area contributed by atoms with Crippen LogP contribution in [-0.4, -0.2) is 27.7 Å². The van der Waals surface area contributed by atoms with E-state index in [9.17, 15) is 0 Å². The molecule has 4 nitrogen and oxygen atoms in total. The first-order chi connectivity index (χ1) is 6.09. The Hall–Kier alpha value is -0.870. The van der Waals surface area contributed by atoms with Crippen molar-refractivity contribution >= 4 is 17.4 Å². The Labute approximate surface area is 82.0 Å². The Balaban J connectivity index is 2.70. The molecule has 0 radical (unpaired) electrons. The molecule has 0 saturated carbocycles. The number of nitrogens with one attached hydrogen (secondary N) is 1. The second kappa shape index (κ2) is 4.39. The van der Waals surface area contributed by atoms with Gasteiger partial charge in [0.25, 0.3) is 0 Å². The number of hydrogen-bond acceptors (Lipinski definition) is 4. The van der Waals surface area contributed by atoms with E-state index >= 15 is 0 Å². The van der Waals surface area contributed by atoms with Gasteiger partial charge >= 0.3 is 0 Å². The first-order valence-electron chi connectivity index (χ1n) is 4.00. The second-order valence-electron chi connectivity index (χ2n) is 2.90. The van der Waals surface area contributed by atoms with Crippen LogP contribution < -0.4 is 5.32 Å². The molecule has 1 rings (SSSR count). The molecule has 0 bridgehead atoms. The van der Waals surface area contributed by atoms with E-state index in [1.807, 2.05) is 6.92 Å². The molecule has 0 spiro atoms. The number of aromatic nitrogens is 2. The van der Waals surface area contributed by atoms with E-state index in [0.717, 1.165) is 5.56 Å². The van der Waals surface area contributed by atoms with Crippen LogP contribution in [0.15, 0.2) is 6.20 Å². The van der Waals surface area contributed by atoms with Crippen LogP contribution in [0.25, 0.3) is 0 Å². The third-order valence-corrected chi connectivity index (χ3v) is 1.69. The standard InChI is InChI=1S/C8H12ClN3O/c1-5-3-11-8(9)12-7(5)10-4-6(2)13/h3,6,13H,4H2,1-2H3,(H,10,11,12). The molecule has 0 aliphatic rings. The molecular formula is C8H12ClN3O. The fourth-order valence-electron chi connectivity index (χ4n) is 0.844. The summed E-state index contributed by atoms with van der Waals surface area (Å²) in [6.07, 6.45) is 1.23. The highest BCUT2D eigenvalue weighted by Gasteiger charge is 2.02. The maximum Gasteiger partial charge on any atom is 0.224 e. The van der Waals surface area contributed by atoms with Crippen molar-refractivity contribution in [2.75, 3.05) is 11.9 Å². The largest absolute Gasteiger partial charge is 0.392 e. The van der Waals surface area contributed by atoms with E-state index in [1.165, 1.54) is 0 Å². The summed E-state index contributed by atoms with van der Waals surface area (Å²) in [5.41, 5.74) is 0.907. The highest BCUT2D eigenvalue weighted by molar-refractivity contribution is 6.28. The summed E-state index contributed by atoms with van der Waals surface area (Å²) in [7, 11) is 0. The van der Waals surface area contributed by atoms with E-state index in [-0.39, 0.29) is 5.28 Å². The van der Waals surface area contributed by atoms with Crippen molar-refractivity contribution in [2.45, 2.75) is 20.0 Å². The summed E-state index contributed by atoms with van der Waals surface area (Å²) in [6.45, 7) is 4.03. The van der Waals surface area contributed by atoms with Gasteiger partial charge in [-0.2, -0.15) is 0 Å². The lowest BCUT2D eigenvalue weighted by Crippen LogP contribution is -2.16. The van der Waals surface area contributed by atoms with E-state index < -0.39 is 6.10 Å². The zero-order chi connectivity index (χ0) is 9.84. The van der Waals surface area contributed by atoms with Gasteiger partial charge in [0, 0.05) is 18.3 Å². The van der Waals surface area contributed by atoms with E-state index in [0.29, 0.717) is 12.4 Å². The first kappa shape index (κ1) is 10.2. The molecule has 0 aliphatic heterocycles. The Bertz CT molecular complexity index is 291. The summed E-state index contributed by atoms with van der Waals surface area (Å²) < 4.78 is 0. The zero-order valence-corrected chi connectivity index (χ0v) is 8.34. The lowest BCUT2D eigenvalue weighted by molar-refractivity contribution is 0.208. The van der Waals surface area contributed by atoms with Crippen LogP contribution in [0, 0.1) is 6.92 Å². The Morgan fingerprint density at radius 3 is 3.00 bits per heavy atom. The van der Waals surface area contributed by atoms with Gasteiger partial charge in [-0.25, -0.2) is 9.97 Å². The molecule has 1 atom stereocenters. The molecular weight excluding hydrogens is 190 g/mol. The summed E-state index contributed by atoms with van der Waals surface area (Å²) in [5.74, 6) is 0.668. The lowest BCUT2D eigenvalue weighted by Gasteiger charge is -2.09. The van der Waals surface area contributed by atoms with Gasteiger partial charge in [-0.15, -0.1) is 0 Å². The molecule has 13 heavy (non-hydrogen) atoms. The third-order valence-electron chi connectivity index (χ3n) is 1.51. The molecule has 5 heteroatoms. The van der Waals surface area contributed by atoms with E-state index in [1.54, 1.807) is 13.1 Å². The van der Waals surface area contributed by atoms with Crippen LogP contribution in [-0.2, 0) is 0 Å². The molecule has 0 saturated heterocycles. The Morgan fingerprint density at radius 2 is 2.38 bits per heavy atom. The van der Waals surface area contributed by atoms with Crippen molar-refractivity contribution in [3.05, 3.63) is 17.0 Å². The van der Waals surface area contributed by atoms with Crippen LogP contribution >= 0.6 is 11.6 Å². The van der Waals surface area contributed by atoms with E-state index in [2.05, 4.69) is 15.3 Å². The average molecular weight is 202 g/mol. The van der Waals surface area contributed by atoms with Crippen LogP contribution in [0.1, 0.15) is 12.5 Å². The fourth-order valence-corrected chi connectivity index (χ4v) is 0.977. The molecule has 0 aliphatic carbocycles. The quantitative estimate of drug-likeness (QED) is 0.723. The number of aliphatic hydroxyl groups excluding tert-OH is 1. The summed E-state index contributed by atoms with van der Waals surface area (Å²) in [5, 5.41) is 12.2. The number of hydrogen-bond donors (Lipinski definition) is 2. The number of rotatable bonds is 3. The number of halogens is 1. The van der Waals surface area contributed by atoms with Gasteiger partial charge in [0.2, 0.25) is 5.28 Å². The molecule has 0 fully saturated rings. The molecule has 1 aromatic rings. The molecule has 1 aromatic heterocycles. The third kappa shape index (κ3) is 3.16. The lowest BCUT2D eigenvalue weighted by atomic mass is 10.3. The Morgan fingerprint density at radius 1 is 1.69 bits per heavy atom. The fraction of sp³-hybridized carbons (Fsp3) is 0.500. The molecule has 1 heterocycles. The van der Waals surface area contributed by atoms with Gasteiger partial charge in [0.05, 0.1) is 6.10 Å². The van der Waals surface area contributed by atoms with Crippen molar-refractivity contribution in [3.8, 4) is 0 Å². The minimum atomic E-state index is -0.409. The normalized spacial score (nSPS) is 12.6. The number of anilines is 1. The van der Waals surface area contributed by atoms with Crippen LogP contribution in [0.3, 0.4) is 0 Å². The van der Waals surface area contributed by atoms with Crippen molar-refractivity contribution in [2.24, 2.45) is 0 Å². The van der Waals surface area contributed by atoms with Gasteiger partial charge in [-0.05, 0) is 25.4 Å². The maximum atomic E-state index is 9.03.